The second-order valence-corrected chi connectivity index (χ2v) is 5.46. The molecule has 0 radical (unpaired) electrons. The van der Waals surface area contributed by atoms with Gasteiger partial charge in [0, 0.05) is 16.6 Å². The van der Waals surface area contributed by atoms with Crippen molar-refractivity contribution < 1.29 is 4.39 Å². The van der Waals surface area contributed by atoms with Crippen molar-refractivity contribution in [3.05, 3.63) is 34.1 Å². The molecule has 1 nitrogen and oxygen atoms in total. The first-order chi connectivity index (χ1) is 7.07. The highest BCUT2D eigenvalue weighted by Gasteiger charge is 2.30. The summed E-state index contributed by atoms with van der Waals surface area (Å²) in [6, 6.07) is 5.02. The van der Waals surface area contributed by atoms with Crippen molar-refractivity contribution in [1.82, 2.24) is 5.32 Å². The third-order valence-electron chi connectivity index (χ3n) is 3.10. The predicted octanol–water partition coefficient (Wildman–Crippen LogP) is 3.62. The number of hydrogen-bond acceptors (Lipinski definition) is 1. The van der Waals surface area contributed by atoms with E-state index in [1.165, 1.54) is 25.3 Å². The standard InChI is InChI=1S/C12H15BrFN/c1-12(3-2-4-12)15-8-9-5-10(13)7-11(14)6-9/h5-7,15H,2-4,8H2,1H3. The van der Waals surface area contributed by atoms with Crippen LogP contribution in [0.15, 0.2) is 22.7 Å². The van der Waals surface area contributed by atoms with Crippen molar-refractivity contribution in [3.63, 3.8) is 0 Å². The largest absolute Gasteiger partial charge is 0.307 e. The van der Waals surface area contributed by atoms with Crippen LogP contribution in [0.25, 0.3) is 0 Å². The van der Waals surface area contributed by atoms with E-state index in [1.54, 1.807) is 6.07 Å². The Morgan fingerprint density at radius 1 is 1.40 bits per heavy atom. The lowest BCUT2D eigenvalue weighted by molar-refractivity contribution is 0.206. The number of nitrogens with one attached hydrogen (secondary N) is 1. The van der Waals surface area contributed by atoms with E-state index >= 15 is 0 Å². The third kappa shape index (κ3) is 2.79. The Labute approximate surface area is 98.2 Å². The topological polar surface area (TPSA) is 12.0 Å². The van der Waals surface area contributed by atoms with Crippen LogP contribution in [0.5, 0.6) is 0 Å². The maximum Gasteiger partial charge on any atom is 0.124 e. The van der Waals surface area contributed by atoms with E-state index in [0.29, 0.717) is 0 Å². The minimum atomic E-state index is -0.181. The molecule has 1 aliphatic carbocycles. The van der Waals surface area contributed by atoms with Crippen molar-refractivity contribution in [2.75, 3.05) is 0 Å². The Bertz CT molecular complexity index is 340. The minimum absolute atomic E-state index is 0.181. The lowest BCUT2D eigenvalue weighted by atomic mass is 9.78. The van der Waals surface area contributed by atoms with Crippen LogP contribution in [0.3, 0.4) is 0 Å². The highest BCUT2D eigenvalue weighted by Crippen LogP contribution is 2.31. The molecule has 0 spiro atoms. The van der Waals surface area contributed by atoms with Gasteiger partial charge in [-0.25, -0.2) is 4.39 Å². The predicted molar refractivity (Wildman–Crippen MR) is 63.2 cm³/mol. The molecule has 82 valence electrons. The van der Waals surface area contributed by atoms with Crippen molar-refractivity contribution in [2.45, 2.75) is 38.3 Å². The molecule has 1 saturated carbocycles. The summed E-state index contributed by atoms with van der Waals surface area (Å²) >= 11 is 3.30. The third-order valence-corrected chi connectivity index (χ3v) is 3.56. The first-order valence-corrected chi connectivity index (χ1v) is 6.07. The van der Waals surface area contributed by atoms with E-state index < -0.39 is 0 Å². The van der Waals surface area contributed by atoms with Crippen LogP contribution in [0.2, 0.25) is 0 Å². The second kappa shape index (κ2) is 4.22. The van der Waals surface area contributed by atoms with Crippen LogP contribution < -0.4 is 5.32 Å². The lowest BCUT2D eigenvalue weighted by Gasteiger charge is -2.39. The quantitative estimate of drug-likeness (QED) is 0.886. The molecule has 0 saturated heterocycles. The molecular formula is C12H15BrFN. The Morgan fingerprint density at radius 2 is 2.13 bits per heavy atom. The van der Waals surface area contributed by atoms with E-state index in [9.17, 15) is 4.39 Å². The minimum Gasteiger partial charge on any atom is -0.307 e. The number of rotatable bonds is 3. The van der Waals surface area contributed by atoms with E-state index in [0.717, 1.165) is 16.6 Å². The van der Waals surface area contributed by atoms with Gasteiger partial charge in [0.1, 0.15) is 5.82 Å². The van der Waals surface area contributed by atoms with Gasteiger partial charge in [0.25, 0.3) is 0 Å². The van der Waals surface area contributed by atoms with E-state index in [2.05, 4.69) is 28.2 Å². The molecule has 1 fully saturated rings. The van der Waals surface area contributed by atoms with Crippen molar-refractivity contribution in [1.29, 1.82) is 0 Å². The van der Waals surface area contributed by atoms with Gasteiger partial charge in [0.2, 0.25) is 0 Å². The van der Waals surface area contributed by atoms with Crippen molar-refractivity contribution >= 4 is 15.9 Å². The molecule has 15 heavy (non-hydrogen) atoms. The van der Waals surface area contributed by atoms with Crippen molar-refractivity contribution in [3.8, 4) is 0 Å². The van der Waals surface area contributed by atoms with Gasteiger partial charge >= 0.3 is 0 Å². The molecule has 1 aliphatic rings. The van der Waals surface area contributed by atoms with Gasteiger partial charge in [0.05, 0.1) is 0 Å². The SMILES string of the molecule is CC1(NCc2cc(F)cc(Br)c2)CCC1. The van der Waals surface area contributed by atoms with E-state index in [4.69, 9.17) is 0 Å². The molecule has 2 rings (SSSR count). The van der Waals surface area contributed by atoms with Crippen LogP contribution in [-0.2, 0) is 6.54 Å². The summed E-state index contributed by atoms with van der Waals surface area (Å²) in [4.78, 5) is 0. The fourth-order valence-electron chi connectivity index (χ4n) is 1.91. The van der Waals surface area contributed by atoms with Crippen molar-refractivity contribution in [2.24, 2.45) is 0 Å². The van der Waals surface area contributed by atoms with Gasteiger partial charge in [-0.05, 0) is 49.9 Å². The summed E-state index contributed by atoms with van der Waals surface area (Å²) < 4.78 is 13.9. The average molecular weight is 272 g/mol. The van der Waals surface area contributed by atoms with E-state index in [-0.39, 0.29) is 11.4 Å². The molecule has 3 heteroatoms. The van der Waals surface area contributed by atoms with Crippen LogP contribution >= 0.6 is 15.9 Å². The smallest absolute Gasteiger partial charge is 0.124 e. The van der Waals surface area contributed by atoms with Crippen LogP contribution in [0.1, 0.15) is 31.7 Å². The highest BCUT2D eigenvalue weighted by molar-refractivity contribution is 9.10. The fourth-order valence-corrected chi connectivity index (χ4v) is 2.43. The number of hydrogen-bond donors (Lipinski definition) is 1. The summed E-state index contributed by atoms with van der Waals surface area (Å²) in [6.45, 7) is 2.97. The molecule has 0 bridgehead atoms. The molecule has 0 atom stereocenters. The molecule has 0 aromatic heterocycles. The second-order valence-electron chi connectivity index (χ2n) is 4.55. The number of benzene rings is 1. The van der Waals surface area contributed by atoms with Gasteiger partial charge in [-0.1, -0.05) is 15.9 Å². The van der Waals surface area contributed by atoms with Gasteiger partial charge in [-0.2, -0.15) is 0 Å². The van der Waals surface area contributed by atoms with Crippen LogP contribution in [0.4, 0.5) is 4.39 Å². The zero-order valence-electron chi connectivity index (χ0n) is 8.82. The molecule has 0 heterocycles. The lowest BCUT2D eigenvalue weighted by Crippen LogP contribution is -2.47. The van der Waals surface area contributed by atoms with Gasteiger partial charge in [-0.15, -0.1) is 0 Å². The molecule has 0 aliphatic heterocycles. The first kappa shape index (κ1) is 11.1. The molecular weight excluding hydrogens is 257 g/mol. The molecule has 1 N–H and O–H groups in total. The zero-order chi connectivity index (χ0) is 10.9. The Kier molecular flexibility index (Phi) is 3.12. The average Bonchev–Trinajstić information content (AvgIpc) is 2.10. The first-order valence-electron chi connectivity index (χ1n) is 5.27. The summed E-state index contributed by atoms with van der Waals surface area (Å²) in [5.41, 5.74) is 1.27. The number of halogens is 2. The monoisotopic (exact) mass is 271 g/mol. The maximum atomic E-state index is 13.1. The summed E-state index contributed by atoms with van der Waals surface area (Å²) in [7, 11) is 0. The maximum absolute atomic E-state index is 13.1. The van der Waals surface area contributed by atoms with Gasteiger partial charge in [0.15, 0.2) is 0 Å². The molecule has 0 unspecified atom stereocenters. The van der Waals surface area contributed by atoms with Gasteiger partial charge in [-0.3, -0.25) is 0 Å². The van der Waals surface area contributed by atoms with E-state index in [1.807, 2.05) is 6.07 Å². The van der Waals surface area contributed by atoms with Crippen LogP contribution in [-0.4, -0.2) is 5.54 Å². The Hall–Kier alpha value is -0.410. The van der Waals surface area contributed by atoms with Gasteiger partial charge < -0.3 is 5.32 Å². The summed E-state index contributed by atoms with van der Waals surface area (Å²) in [5.74, 6) is -0.181. The summed E-state index contributed by atoms with van der Waals surface area (Å²) in [5, 5.41) is 3.48. The normalized spacial score (nSPS) is 18.6. The molecule has 1 aromatic carbocycles. The zero-order valence-corrected chi connectivity index (χ0v) is 10.4. The highest BCUT2D eigenvalue weighted by atomic mass is 79.9. The van der Waals surface area contributed by atoms with Crippen LogP contribution in [0, 0.1) is 5.82 Å². The Morgan fingerprint density at radius 3 is 2.67 bits per heavy atom. The molecule has 0 amide bonds. The molecule has 1 aromatic rings. The summed E-state index contributed by atoms with van der Waals surface area (Å²) in [6.07, 6.45) is 3.75. The fraction of sp³-hybridized carbons (Fsp3) is 0.500. The Balaban J connectivity index is 1.98.